The Morgan fingerprint density at radius 1 is 0.593 bits per heavy atom. The molecule has 9 aromatic rings. The van der Waals surface area contributed by atoms with Gasteiger partial charge in [0.25, 0.3) is 5.91 Å². The summed E-state index contributed by atoms with van der Waals surface area (Å²) in [6.07, 6.45) is 7.37. The van der Waals surface area contributed by atoms with Gasteiger partial charge in [-0.15, -0.1) is 0 Å². The summed E-state index contributed by atoms with van der Waals surface area (Å²) in [7, 11) is 0. The highest BCUT2D eigenvalue weighted by Gasteiger charge is 2.25. The van der Waals surface area contributed by atoms with Crippen molar-refractivity contribution < 1.29 is 14.7 Å². The largest absolute Gasteiger partial charge is 0.478 e. The molecule has 9 heteroatoms. The molecule has 1 aliphatic rings. The highest BCUT2D eigenvalue weighted by molar-refractivity contribution is 6.09. The van der Waals surface area contributed by atoms with E-state index in [1.165, 1.54) is 12.5 Å². The van der Waals surface area contributed by atoms with E-state index < -0.39 is 11.9 Å². The fourth-order valence-corrected chi connectivity index (χ4v) is 8.41. The molecule has 0 spiro atoms. The minimum absolute atomic E-state index is 0.0311. The predicted octanol–water partition coefficient (Wildman–Crippen LogP) is 11.7. The molecule has 1 fully saturated rings. The number of amides is 1. The molecule has 4 aromatic heterocycles. The Kier molecular flexibility index (Phi) is 9.18. The van der Waals surface area contributed by atoms with Crippen LogP contribution in [0.2, 0.25) is 0 Å². The number of anilines is 1. The second kappa shape index (κ2) is 15.1. The number of fused-ring (bicyclic) bond motifs is 3. The number of imidazole rings is 1. The summed E-state index contributed by atoms with van der Waals surface area (Å²) < 4.78 is 2.36. The maximum Gasteiger partial charge on any atom is 0.337 e. The number of carboxylic acids is 1. The molecule has 0 bridgehead atoms. The lowest BCUT2D eigenvalue weighted by Gasteiger charge is -2.25. The van der Waals surface area contributed by atoms with E-state index in [1.54, 1.807) is 6.20 Å². The molecule has 0 aliphatic heterocycles. The number of nitrogens with one attached hydrogen (secondary N) is 1. The van der Waals surface area contributed by atoms with Crippen LogP contribution >= 0.6 is 0 Å². The summed E-state index contributed by atoms with van der Waals surface area (Å²) in [6, 6.07) is 46.9. The molecule has 0 unspecified atom stereocenters. The van der Waals surface area contributed by atoms with Crippen LogP contribution in [0.3, 0.4) is 0 Å². The number of aromatic carboxylic acids is 1. The van der Waals surface area contributed by atoms with Gasteiger partial charge in [-0.25, -0.2) is 19.7 Å². The summed E-state index contributed by atoms with van der Waals surface area (Å²) in [5.74, 6) is -0.691. The van der Waals surface area contributed by atoms with Gasteiger partial charge >= 0.3 is 5.97 Å². The summed E-state index contributed by atoms with van der Waals surface area (Å²) >= 11 is 0. The van der Waals surface area contributed by atoms with E-state index in [1.807, 2.05) is 97.1 Å². The fourth-order valence-electron chi connectivity index (χ4n) is 8.41. The molecule has 10 rings (SSSR count). The van der Waals surface area contributed by atoms with Gasteiger partial charge in [-0.2, -0.15) is 0 Å². The second-order valence-electron chi connectivity index (χ2n) is 15.1. The summed E-state index contributed by atoms with van der Waals surface area (Å²) in [5, 5.41) is 15.4. The minimum Gasteiger partial charge on any atom is -0.478 e. The molecule has 59 heavy (non-hydrogen) atoms. The van der Waals surface area contributed by atoms with Crippen molar-refractivity contribution in [1.29, 1.82) is 0 Å². The quantitative estimate of drug-likeness (QED) is 0.158. The second-order valence-corrected chi connectivity index (χ2v) is 15.1. The Morgan fingerprint density at radius 3 is 2.12 bits per heavy atom. The van der Waals surface area contributed by atoms with E-state index in [0.717, 1.165) is 81.2 Å². The number of hydrogen-bond acceptors (Lipinski definition) is 6. The number of carboxylic acid groups (broad SMARTS) is 1. The Labute approximate surface area is 340 Å². The third-order valence-electron chi connectivity index (χ3n) is 11.3. The van der Waals surface area contributed by atoms with Crippen LogP contribution in [0.5, 0.6) is 0 Å². The number of nitrogens with zero attached hydrogens (tertiary/aromatic N) is 5. The Morgan fingerprint density at radius 2 is 1.32 bits per heavy atom. The number of carbonyl (C=O) groups is 2. The van der Waals surface area contributed by atoms with Crippen molar-refractivity contribution in [3.8, 4) is 45.2 Å². The number of carbonyl (C=O) groups excluding carboxylic acids is 1. The molecular weight excluding hydrogens is 733 g/mol. The van der Waals surface area contributed by atoms with Crippen molar-refractivity contribution in [3.63, 3.8) is 0 Å². The molecule has 1 aliphatic carbocycles. The van der Waals surface area contributed by atoms with Gasteiger partial charge in [0.1, 0.15) is 5.82 Å². The maximum atomic E-state index is 14.2. The molecule has 1 amide bonds. The molecule has 286 valence electrons. The first-order valence-electron chi connectivity index (χ1n) is 20.0. The number of hydrogen-bond donors (Lipinski definition) is 2. The van der Waals surface area contributed by atoms with Crippen LogP contribution in [0.1, 0.15) is 58.9 Å². The van der Waals surface area contributed by atoms with Crippen LogP contribution in [0.25, 0.3) is 78.0 Å². The van der Waals surface area contributed by atoms with Gasteiger partial charge < -0.3 is 15.0 Å². The topological polar surface area (TPSA) is 123 Å². The number of pyridine rings is 3. The summed E-state index contributed by atoms with van der Waals surface area (Å²) in [4.78, 5) is 46.6. The van der Waals surface area contributed by atoms with Gasteiger partial charge in [0.05, 0.1) is 50.4 Å². The molecule has 0 saturated heterocycles. The molecule has 0 radical (unpaired) electrons. The first kappa shape index (κ1) is 35.9. The first-order valence-corrected chi connectivity index (χ1v) is 20.0. The highest BCUT2D eigenvalue weighted by Crippen LogP contribution is 2.38. The number of aromatic nitrogens is 5. The van der Waals surface area contributed by atoms with Gasteiger partial charge in [-0.05, 0) is 79.6 Å². The molecule has 5 aromatic carbocycles. The van der Waals surface area contributed by atoms with E-state index in [9.17, 15) is 14.7 Å². The lowest BCUT2D eigenvalue weighted by molar-refractivity contribution is 0.0697. The lowest BCUT2D eigenvalue weighted by atomic mass is 9.94. The summed E-state index contributed by atoms with van der Waals surface area (Å²) in [6.45, 7) is 0. The van der Waals surface area contributed by atoms with Gasteiger partial charge in [-0.3, -0.25) is 9.78 Å². The predicted molar refractivity (Wildman–Crippen MR) is 233 cm³/mol. The molecule has 1 saturated carbocycles. The van der Waals surface area contributed by atoms with Crippen molar-refractivity contribution >= 4 is 50.4 Å². The average molecular weight is 771 g/mol. The van der Waals surface area contributed by atoms with Crippen LogP contribution in [0, 0.1) is 0 Å². The zero-order chi connectivity index (χ0) is 39.9. The van der Waals surface area contributed by atoms with Crippen LogP contribution in [0.15, 0.2) is 152 Å². The Hall–Kier alpha value is -7.52. The molecule has 2 N–H and O–H groups in total. The van der Waals surface area contributed by atoms with Crippen molar-refractivity contribution in [3.05, 3.63) is 163 Å². The number of rotatable bonds is 8. The van der Waals surface area contributed by atoms with Gasteiger partial charge in [-0.1, -0.05) is 98.1 Å². The fraction of sp³-hybridized carbons (Fsp3) is 0.120. The van der Waals surface area contributed by atoms with E-state index >= 15 is 0 Å². The molecule has 4 heterocycles. The van der Waals surface area contributed by atoms with Gasteiger partial charge in [0.15, 0.2) is 0 Å². The zero-order valence-corrected chi connectivity index (χ0v) is 32.0. The normalized spacial score (nSPS) is 13.2. The van der Waals surface area contributed by atoms with Crippen LogP contribution in [-0.2, 0) is 0 Å². The molecular formula is C50H38N6O3. The lowest BCUT2D eigenvalue weighted by Crippen LogP contribution is -2.15. The van der Waals surface area contributed by atoms with Crippen molar-refractivity contribution in [1.82, 2.24) is 24.5 Å². The van der Waals surface area contributed by atoms with Gasteiger partial charge in [0.2, 0.25) is 0 Å². The van der Waals surface area contributed by atoms with E-state index in [-0.39, 0.29) is 11.6 Å². The third kappa shape index (κ3) is 6.86. The van der Waals surface area contributed by atoms with Crippen LogP contribution in [0.4, 0.5) is 5.69 Å². The van der Waals surface area contributed by atoms with Gasteiger partial charge in [0, 0.05) is 50.8 Å². The molecule has 0 atom stereocenters. The minimum atomic E-state index is -1.16. The van der Waals surface area contributed by atoms with Crippen molar-refractivity contribution in [2.75, 3.05) is 5.32 Å². The monoisotopic (exact) mass is 770 g/mol. The SMILES string of the molecule is O=C(Nc1cc(C(=O)O)c(-c2ccc3ncccc3c2)nc1-c1ccccc1)c1ccc2c(c1)nc(-c1ccc3nc(-c4ccccc4)ccc3c1)n2C1CCCCC1. The number of benzene rings is 5. The molecule has 9 nitrogen and oxygen atoms in total. The average Bonchev–Trinajstić information content (AvgIpc) is 3.68. The van der Waals surface area contributed by atoms with E-state index in [2.05, 4.69) is 57.3 Å². The highest BCUT2D eigenvalue weighted by atomic mass is 16.4. The standard InChI is InChI=1S/C50H38N6O3/c57-49(54-44-30-39(50(58)59)46(55-47(44)32-13-6-2-7-14-32)35-19-22-40-33(27-35)15-10-26-51-40)37-21-25-45-43(29-37)53-48(56(45)38-16-8-3-9-17-38)36-20-24-42-34(28-36)18-23-41(52-42)31-11-4-1-5-12-31/h1-2,4-7,10-15,18-30,38H,3,8-9,16-17H2,(H,54,57)(H,58,59). The van der Waals surface area contributed by atoms with Crippen LogP contribution in [-0.4, -0.2) is 41.5 Å². The summed E-state index contributed by atoms with van der Waals surface area (Å²) in [5.41, 5.74) is 9.14. The van der Waals surface area contributed by atoms with Crippen LogP contribution < -0.4 is 5.32 Å². The third-order valence-corrected chi connectivity index (χ3v) is 11.3. The van der Waals surface area contributed by atoms with Crippen molar-refractivity contribution in [2.24, 2.45) is 0 Å². The smallest absolute Gasteiger partial charge is 0.337 e. The first-order chi connectivity index (χ1) is 29.0. The zero-order valence-electron chi connectivity index (χ0n) is 32.0. The van der Waals surface area contributed by atoms with E-state index in [4.69, 9.17) is 15.0 Å². The maximum absolute atomic E-state index is 14.2. The Bertz CT molecular complexity index is 3060. The van der Waals surface area contributed by atoms with E-state index in [0.29, 0.717) is 33.7 Å². The van der Waals surface area contributed by atoms with Crippen molar-refractivity contribution in [2.45, 2.75) is 38.1 Å². The Balaban J connectivity index is 1.03.